The number of rotatable bonds is 8. The van der Waals surface area contributed by atoms with Crippen LogP contribution in [-0.2, 0) is 5.92 Å². The monoisotopic (exact) mass is 368 g/mol. The predicted molar refractivity (Wildman–Crippen MR) is 98.1 cm³/mol. The van der Waals surface area contributed by atoms with E-state index in [-0.39, 0.29) is 6.56 Å². The van der Waals surface area contributed by atoms with Crippen LogP contribution in [0.25, 0.3) is 0 Å². The van der Waals surface area contributed by atoms with E-state index in [4.69, 9.17) is 0 Å². The normalized spacial score (nSPS) is 11.4. The second-order valence-corrected chi connectivity index (χ2v) is 6.47. The molecule has 0 spiro atoms. The van der Waals surface area contributed by atoms with Crippen molar-refractivity contribution in [2.45, 2.75) is 25.7 Å². The van der Waals surface area contributed by atoms with E-state index in [1.807, 2.05) is 12.1 Å². The summed E-state index contributed by atoms with van der Waals surface area (Å²) in [5.41, 5.74) is 1.39. The summed E-state index contributed by atoms with van der Waals surface area (Å²) in [4.78, 5) is 14.4. The lowest BCUT2D eigenvalue weighted by atomic mass is 10.1. The Hall–Kier alpha value is -2.09. The Bertz CT molecular complexity index is 698. The third kappa shape index (κ3) is 5.19. The number of amides is 1. The second-order valence-electron chi connectivity index (χ2n) is 5.50. The van der Waals surface area contributed by atoms with Gasteiger partial charge in [-0.2, -0.15) is 8.78 Å². The largest absolute Gasteiger partial charge is 0.372 e. The predicted octanol–water partition coefficient (Wildman–Crippen LogP) is 4.40. The number of alkyl halides is 2. The van der Waals surface area contributed by atoms with Gasteiger partial charge in [-0.3, -0.25) is 10.1 Å². The number of aromatic nitrogens is 2. The molecule has 0 bridgehead atoms. The SMILES string of the molecule is [CH2]CCN(CC[CH2])c1ccc(C(=O)Nc2nnc(C(C)(F)F)s2)cc1.[HH]. The molecule has 8 heteroatoms. The van der Waals surface area contributed by atoms with Crippen LogP contribution in [0, 0.1) is 13.8 Å². The van der Waals surface area contributed by atoms with Crippen molar-refractivity contribution >= 4 is 28.1 Å². The van der Waals surface area contributed by atoms with Crippen LogP contribution < -0.4 is 10.2 Å². The maximum atomic E-state index is 13.2. The first-order chi connectivity index (χ1) is 11.8. The van der Waals surface area contributed by atoms with Gasteiger partial charge in [-0.25, -0.2) is 0 Å². The summed E-state index contributed by atoms with van der Waals surface area (Å²) in [5, 5.41) is 9.07. The van der Waals surface area contributed by atoms with E-state index in [1.54, 1.807) is 12.1 Å². The zero-order chi connectivity index (χ0) is 18.4. The standard InChI is InChI=1S/C17H20F2N4OS.H2/c1-4-10-23(11-5-2)13-8-6-12(7-9-13)14(24)20-16-22-21-15(25-16)17(3,18)19;/h6-9H,1-2,4-5,10-11H2,3H3,(H,20,22,24);1H. The quantitative estimate of drug-likeness (QED) is 0.750. The van der Waals surface area contributed by atoms with Crippen LogP contribution in [0.1, 0.15) is 36.6 Å². The van der Waals surface area contributed by atoms with Gasteiger partial charge in [0.2, 0.25) is 5.13 Å². The first kappa shape index (κ1) is 19.2. The van der Waals surface area contributed by atoms with E-state index >= 15 is 0 Å². The zero-order valence-electron chi connectivity index (χ0n) is 14.0. The summed E-state index contributed by atoms with van der Waals surface area (Å²) in [7, 11) is 0. The highest BCUT2D eigenvalue weighted by Crippen LogP contribution is 2.31. The van der Waals surface area contributed by atoms with Crippen LogP contribution in [-0.4, -0.2) is 29.2 Å². The minimum absolute atomic E-state index is 0. The van der Waals surface area contributed by atoms with Crippen LogP contribution in [0.15, 0.2) is 24.3 Å². The van der Waals surface area contributed by atoms with E-state index in [1.165, 1.54) is 0 Å². The highest BCUT2D eigenvalue weighted by Gasteiger charge is 2.29. The van der Waals surface area contributed by atoms with E-state index in [0.29, 0.717) is 16.9 Å². The van der Waals surface area contributed by atoms with Gasteiger partial charge in [0.15, 0.2) is 5.01 Å². The average molecular weight is 368 g/mol. The minimum Gasteiger partial charge on any atom is -0.372 e. The number of carbonyl (C=O) groups is 1. The number of benzene rings is 1. The van der Waals surface area contributed by atoms with E-state index < -0.39 is 16.8 Å². The number of halogens is 2. The van der Waals surface area contributed by atoms with Crippen molar-refractivity contribution in [1.82, 2.24) is 10.2 Å². The van der Waals surface area contributed by atoms with Crippen molar-refractivity contribution in [1.29, 1.82) is 0 Å². The molecule has 0 saturated heterocycles. The fourth-order valence-electron chi connectivity index (χ4n) is 2.20. The third-order valence-electron chi connectivity index (χ3n) is 3.37. The molecule has 0 aliphatic rings. The molecule has 0 fully saturated rings. The lowest BCUT2D eigenvalue weighted by molar-refractivity contribution is 0.0165. The molecule has 1 N–H and O–H groups in total. The molecule has 0 unspecified atom stereocenters. The van der Waals surface area contributed by atoms with Gasteiger partial charge in [-0.1, -0.05) is 25.2 Å². The first-order valence-electron chi connectivity index (χ1n) is 7.81. The molecule has 0 atom stereocenters. The molecule has 25 heavy (non-hydrogen) atoms. The molecular formula is C17H22F2N4OS. The van der Waals surface area contributed by atoms with Gasteiger partial charge in [0.05, 0.1) is 0 Å². The molecule has 0 saturated carbocycles. The molecule has 0 aliphatic carbocycles. The molecule has 2 aromatic rings. The van der Waals surface area contributed by atoms with Crippen molar-refractivity contribution in [2.24, 2.45) is 0 Å². The fraction of sp³-hybridized carbons (Fsp3) is 0.353. The summed E-state index contributed by atoms with van der Waals surface area (Å²) in [6.45, 7) is 10.1. The minimum atomic E-state index is -3.08. The molecule has 1 amide bonds. The van der Waals surface area contributed by atoms with Gasteiger partial charge in [-0.15, -0.1) is 10.2 Å². The van der Waals surface area contributed by atoms with Crippen molar-refractivity contribution < 1.29 is 15.0 Å². The Morgan fingerprint density at radius 2 is 1.84 bits per heavy atom. The highest BCUT2D eigenvalue weighted by atomic mass is 32.1. The summed E-state index contributed by atoms with van der Waals surface area (Å²) in [5.74, 6) is -3.50. The van der Waals surface area contributed by atoms with Crippen molar-refractivity contribution in [3.05, 3.63) is 48.7 Å². The lowest BCUT2D eigenvalue weighted by Gasteiger charge is -2.23. The average Bonchev–Trinajstić information content (AvgIpc) is 3.03. The smallest absolute Gasteiger partial charge is 0.298 e. The first-order valence-corrected chi connectivity index (χ1v) is 8.63. The van der Waals surface area contributed by atoms with Crippen molar-refractivity contribution in [3.63, 3.8) is 0 Å². The molecule has 2 rings (SSSR count). The van der Waals surface area contributed by atoms with Crippen molar-refractivity contribution in [3.8, 4) is 0 Å². The number of nitrogens with zero attached hydrogens (tertiary/aromatic N) is 3. The summed E-state index contributed by atoms with van der Waals surface area (Å²) < 4.78 is 26.3. The van der Waals surface area contributed by atoms with Gasteiger partial charge < -0.3 is 4.90 Å². The maximum Gasteiger partial charge on any atom is 0.298 e. The van der Waals surface area contributed by atoms with E-state index in [9.17, 15) is 13.6 Å². The number of hydrogen-bond acceptors (Lipinski definition) is 5. The second kappa shape index (κ2) is 8.33. The fourth-order valence-corrected chi connectivity index (χ4v) is 2.87. The molecule has 0 aliphatic heterocycles. The topological polar surface area (TPSA) is 58.1 Å². The summed E-state index contributed by atoms with van der Waals surface area (Å²) in [6.07, 6.45) is 1.54. The summed E-state index contributed by atoms with van der Waals surface area (Å²) in [6, 6.07) is 7.04. The molecule has 1 heterocycles. The summed E-state index contributed by atoms with van der Waals surface area (Å²) >= 11 is 0.658. The third-order valence-corrected chi connectivity index (χ3v) is 4.38. The molecule has 2 radical (unpaired) electrons. The van der Waals surface area contributed by atoms with Gasteiger partial charge in [0.1, 0.15) is 0 Å². The Balaban J connectivity index is 0.00000338. The molecule has 1 aromatic carbocycles. The maximum absolute atomic E-state index is 13.2. The highest BCUT2D eigenvalue weighted by molar-refractivity contribution is 7.15. The Labute approximate surface area is 151 Å². The number of anilines is 2. The zero-order valence-corrected chi connectivity index (χ0v) is 14.8. The van der Waals surface area contributed by atoms with E-state index in [0.717, 1.165) is 38.5 Å². The van der Waals surface area contributed by atoms with Crippen LogP contribution in [0.4, 0.5) is 19.6 Å². The molecule has 136 valence electrons. The Morgan fingerprint density at radius 1 is 1.24 bits per heavy atom. The molecule has 5 nitrogen and oxygen atoms in total. The molecule has 1 aromatic heterocycles. The van der Waals surface area contributed by atoms with Gasteiger partial charge in [0, 0.05) is 32.7 Å². The van der Waals surface area contributed by atoms with Crippen molar-refractivity contribution in [2.75, 3.05) is 23.3 Å². The van der Waals surface area contributed by atoms with Crippen LogP contribution in [0.3, 0.4) is 0 Å². The van der Waals surface area contributed by atoms with Crippen LogP contribution in [0.5, 0.6) is 0 Å². The lowest BCUT2D eigenvalue weighted by Crippen LogP contribution is -2.25. The number of carbonyl (C=O) groups excluding carboxylic acids is 1. The molecular weight excluding hydrogens is 346 g/mol. The Morgan fingerprint density at radius 3 is 2.32 bits per heavy atom. The number of nitrogens with one attached hydrogen (secondary N) is 1. The Kier molecular flexibility index (Phi) is 6.41. The van der Waals surface area contributed by atoms with Crippen LogP contribution >= 0.6 is 11.3 Å². The van der Waals surface area contributed by atoms with Crippen LogP contribution in [0.2, 0.25) is 0 Å². The van der Waals surface area contributed by atoms with Gasteiger partial charge in [0.25, 0.3) is 11.8 Å². The van der Waals surface area contributed by atoms with Gasteiger partial charge in [-0.05, 0) is 37.1 Å². The number of hydrogen-bond donors (Lipinski definition) is 1. The van der Waals surface area contributed by atoms with E-state index in [2.05, 4.69) is 34.3 Å². The van der Waals surface area contributed by atoms with Gasteiger partial charge >= 0.3 is 0 Å².